The van der Waals surface area contributed by atoms with E-state index < -0.39 is 18.4 Å². The molecule has 23 heavy (non-hydrogen) atoms. The van der Waals surface area contributed by atoms with E-state index in [9.17, 15) is 4.79 Å². The van der Waals surface area contributed by atoms with Gasteiger partial charge < -0.3 is 29.2 Å². The summed E-state index contributed by atoms with van der Waals surface area (Å²) < 4.78 is 22.7. The number of carbonyl (C=O) groups excluding carboxylic acids is 1. The first-order valence-electron chi connectivity index (χ1n) is 6.79. The monoisotopic (exact) mass is 325 g/mol. The predicted octanol–water partition coefficient (Wildman–Crippen LogP) is -0.0668. The Balaban J connectivity index is 2.08. The first-order valence-corrected chi connectivity index (χ1v) is 6.79. The molecule has 0 saturated carbocycles. The first kappa shape index (κ1) is 17.1. The Morgan fingerprint density at radius 1 is 1.39 bits per heavy atom. The van der Waals surface area contributed by atoms with Crippen molar-refractivity contribution in [3.05, 3.63) is 12.5 Å². The lowest BCUT2D eigenvalue weighted by molar-refractivity contribution is -0.214. The summed E-state index contributed by atoms with van der Waals surface area (Å²) >= 11 is 0. The Kier molecular flexibility index (Phi) is 5.79. The van der Waals surface area contributed by atoms with E-state index in [2.05, 4.69) is 15.0 Å². The van der Waals surface area contributed by atoms with Crippen molar-refractivity contribution in [1.82, 2.24) is 19.5 Å². The van der Waals surface area contributed by atoms with Crippen molar-refractivity contribution >= 4 is 23.1 Å². The minimum atomic E-state index is -0.880. The highest BCUT2D eigenvalue weighted by Crippen LogP contribution is 2.13. The number of rotatable bonds is 8. The van der Waals surface area contributed by atoms with Gasteiger partial charge in [-0.2, -0.15) is 4.98 Å². The van der Waals surface area contributed by atoms with Crippen LogP contribution in [0.3, 0.4) is 0 Å². The predicted molar refractivity (Wildman–Crippen MR) is 79.0 cm³/mol. The SMILES string of the molecule is COCC(OCn1cnc2nc(N)ncc21)C(OC)OC(C)=O. The standard InChI is InChI=1S/C13H19N5O5/c1-8(19)23-12(21-3)10(5-20-2)22-7-18-6-16-11-9(18)4-15-13(14)17-11/h4,6,10,12H,5,7H2,1-3H3,(H2,14,15,17). The van der Waals surface area contributed by atoms with Gasteiger partial charge in [0.05, 0.1) is 19.1 Å². The van der Waals surface area contributed by atoms with Gasteiger partial charge in [0.25, 0.3) is 0 Å². The molecule has 2 N–H and O–H groups in total. The number of aromatic nitrogens is 4. The molecule has 0 aliphatic heterocycles. The van der Waals surface area contributed by atoms with Crippen LogP contribution < -0.4 is 5.73 Å². The smallest absolute Gasteiger partial charge is 0.305 e. The third kappa shape index (κ3) is 4.34. The van der Waals surface area contributed by atoms with Gasteiger partial charge in [0.15, 0.2) is 5.65 Å². The lowest BCUT2D eigenvalue weighted by atomic mass is 10.3. The number of fused-ring (bicyclic) bond motifs is 1. The number of nitrogen functional groups attached to an aromatic ring is 1. The van der Waals surface area contributed by atoms with Crippen LogP contribution in [0.2, 0.25) is 0 Å². The van der Waals surface area contributed by atoms with Gasteiger partial charge in [0, 0.05) is 21.1 Å². The van der Waals surface area contributed by atoms with Crippen molar-refractivity contribution in [3.63, 3.8) is 0 Å². The van der Waals surface area contributed by atoms with E-state index in [1.54, 1.807) is 17.1 Å². The zero-order valence-electron chi connectivity index (χ0n) is 13.1. The van der Waals surface area contributed by atoms with E-state index in [0.29, 0.717) is 11.2 Å². The Morgan fingerprint density at radius 3 is 2.83 bits per heavy atom. The third-order valence-corrected chi connectivity index (χ3v) is 2.97. The molecule has 0 spiro atoms. The zero-order chi connectivity index (χ0) is 16.8. The maximum absolute atomic E-state index is 11.1. The molecule has 0 aliphatic carbocycles. The Morgan fingerprint density at radius 2 is 2.17 bits per heavy atom. The Bertz CT molecular complexity index is 661. The Hall–Kier alpha value is -2.30. The number of imidazole rings is 1. The molecule has 2 heterocycles. The van der Waals surface area contributed by atoms with Crippen LogP contribution in [0.25, 0.3) is 11.2 Å². The second-order valence-electron chi connectivity index (χ2n) is 4.65. The van der Waals surface area contributed by atoms with E-state index in [1.165, 1.54) is 21.1 Å². The number of nitrogens with two attached hydrogens (primary N) is 1. The van der Waals surface area contributed by atoms with E-state index in [0.717, 1.165) is 0 Å². The topological polar surface area (TPSA) is 124 Å². The molecule has 0 bridgehead atoms. The van der Waals surface area contributed by atoms with Gasteiger partial charge in [-0.25, -0.2) is 9.97 Å². The van der Waals surface area contributed by atoms with Crippen molar-refractivity contribution in [2.45, 2.75) is 26.0 Å². The van der Waals surface area contributed by atoms with Crippen LogP contribution >= 0.6 is 0 Å². The van der Waals surface area contributed by atoms with Crippen molar-refractivity contribution in [2.24, 2.45) is 0 Å². The quantitative estimate of drug-likeness (QED) is 0.524. The van der Waals surface area contributed by atoms with Crippen LogP contribution in [-0.4, -0.2) is 58.7 Å². The maximum Gasteiger partial charge on any atom is 0.305 e. The lowest BCUT2D eigenvalue weighted by Gasteiger charge is -2.25. The summed E-state index contributed by atoms with van der Waals surface area (Å²) in [6.45, 7) is 1.60. The fraction of sp³-hybridized carbons (Fsp3) is 0.538. The van der Waals surface area contributed by atoms with Crippen molar-refractivity contribution < 1.29 is 23.7 Å². The minimum absolute atomic E-state index is 0.124. The summed E-state index contributed by atoms with van der Waals surface area (Å²) in [6, 6.07) is 0. The van der Waals surface area contributed by atoms with Gasteiger partial charge in [-0.15, -0.1) is 0 Å². The fourth-order valence-electron chi connectivity index (χ4n) is 1.95. The van der Waals surface area contributed by atoms with Crippen molar-refractivity contribution in [1.29, 1.82) is 0 Å². The van der Waals surface area contributed by atoms with Gasteiger partial charge >= 0.3 is 5.97 Å². The molecule has 0 aliphatic rings. The maximum atomic E-state index is 11.1. The van der Waals surface area contributed by atoms with Gasteiger partial charge in [0.2, 0.25) is 12.2 Å². The van der Waals surface area contributed by atoms with E-state index in [1.807, 2.05) is 0 Å². The normalized spacial score (nSPS) is 13.9. The van der Waals surface area contributed by atoms with Crippen LogP contribution in [0.4, 0.5) is 5.95 Å². The summed E-state index contributed by atoms with van der Waals surface area (Å²) in [6.07, 6.45) is 1.62. The van der Waals surface area contributed by atoms with Crippen molar-refractivity contribution in [2.75, 3.05) is 26.6 Å². The molecule has 2 rings (SSSR count). The second kappa shape index (κ2) is 7.81. The van der Waals surface area contributed by atoms with Gasteiger partial charge in [-0.1, -0.05) is 0 Å². The van der Waals surface area contributed by atoms with Crippen LogP contribution in [0.5, 0.6) is 0 Å². The lowest BCUT2D eigenvalue weighted by Crippen LogP contribution is -2.38. The van der Waals surface area contributed by atoms with Gasteiger partial charge in [-0.3, -0.25) is 4.79 Å². The van der Waals surface area contributed by atoms with Crippen LogP contribution in [0.1, 0.15) is 6.92 Å². The molecule has 0 radical (unpaired) electrons. The average molecular weight is 325 g/mol. The number of nitrogens with zero attached hydrogens (tertiary/aromatic N) is 4. The Labute approximate surface area is 132 Å². The molecule has 10 heteroatoms. The summed E-state index contributed by atoms with van der Waals surface area (Å²) in [4.78, 5) is 23.2. The number of hydrogen-bond donors (Lipinski definition) is 1. The second-order valence-corrected chi connectivity index (χ2v) is 4.65. The van der Waals surface area contributed by atoms with Crippen LogP contribution in [-0.2, 0) is 30.5 Å². The molecule has 2 aromatic rings. The summed E-state index contributed by atoms with van der Waals surface area (Å²) in [5, 5.41) is 0. The number of ether oxygens (including phenoxy) is 4. The van der Waals surface area contributed by atoms with Crippen LogP contribution in [0.15, 0.2) is 12.5 Å². The molecule has 126 valence electrons. The number of anilines is 1. The first-order chi connectivity index (χ1) is 11.0. The number of methoxy groups -OCH3 is 2. The largest absolute Gasteiger partial charge is 0.433 e. The van der Waals surface area contributed by atoms with E-state index >= 15 is 0 Å². The fourth-order valence-corrected chi connectivity index (χ4v) is 1.95. The summed E-state index contributed by atoms with van der Waals surface area (Å²) in [5.74, 6) is -0.325. The molecular weight excluding hydrogens is 306 g/mol. The highest BCUT2D eigenvalue weighted by atomic mass is 16.7. The molecule has 0 saturated heterocycles. The molecule has 10 nitrogen and oxygen atoms in total. The van der Waals surface area contributed by atoms with Crippen molar-refractivity contribution in [3.8, 4) is 0 Å². The molecular formula is C13H19N5O5. The minimum Gasteiger partial charge on any atom is -0.433 e. The zero-order valence-corrected chi connectivity index (χ0v) is 13.1. The number of esters is 1. The summed E-state index contributed by atoms with van der Waals surface area (Å²) in [5.41, 5.74) is 6.64. The molecule has 2 atom stereocenters. The molecule has 0 aromatic carbocycles. The van der Waals surface area contributed by atoms with Crippen LogP contribution in [0, 0.1) is 0 Å². The summed E-state index contributed by atoms with van der Waals surface area (Å²) in [7, 11) is 2.93. The molecule has 0 amide bonds. The number of hydrogen-bond acceptors (Lipinski definition) is 9. The highest BCUT2D eigenvalue weighted by molar-refractivity contribution is 5.70. The highest BCUT2D eigenvalue weighted by Gasteiger charge is 2.25. The van der Waals surface area contributed by atoms with Gasteiger partial charge in [0.1, 0.15) is 18.4 Å². The van der Waals surface area contributed by atoms with Gasteiger partial charge in [-0.05, 0) is 0 Å². The molecule has 2 unspecified atom stereocenters. The molecule has 2 aromatic heterocycles. The molecule has 0 fully saturated rings. The third-order valence-electron chi connectivity index (χ3n) is 2.97. The average Bonchev–Trinajstić information content (AvgIpc) is 2.91. The van der Waals surface area contributed by atoms with E-state index in [4.69, 9.17) is 24.7 Å². The number of carbonyl (C=O) groups is 1. The van der Waals surface area contributed by atoms with E-state index in [-0.39, 0.29) is 19.3 Å².